The summed E-state index contributed by atoms with van der Waals surface area (Å²) in [6.45, 7) is 2.02. The Bertz CT molecular complexity index is 1290. The fourth-order valence-electron chi connectivity index (χ4n) is 3.40. The van der Waals surface area contributed by atoms with Gasteiger partial charge in [-0.15, -0.1) is 0 Å². The number of halogens is 1. The highest BCUT2D eigenvalue weighted by Gasteiger charge is 2.10. The molecule has 0 aliphatic heterocycles. The fourth-order valence-corrected chi connectivity index (χ4v) is 3.61. The predicted molar refractivity (Wildman–Crippen MR) is 130 cm³/mol. The number of pyridine rings is 2. The second-order valence-electron chi connectivity index (χ2n) is 7.27. The summed E-state index contributed by atoms with van der Waals surface area (Å²) in [5, 5.41) is 9.03. The molecule has 31 heavy (non-hydrogen) atoms. The molecule has 0 spiro atoms. The zero-order chi connectivity index (χ0) is 21.6. The van der Waals surface area contributed by atoms with Gasteiger partial charge >= 0.3 is 0 Å². The van der Waals surface area contributed by atoms with Crippen LogP contribution in [0.3, 0.4) is 0 Å². The summed E-state index contributed by atoms with van der Waals surface area (Å²) in [4.78, 5) is 9.26. The molecule has 0 amide bonds. The van der Waals surface area contributed by atoms with Crippen molar-refractivity contribution in [3.8, 4) is 28.5 Å². The molecule has 0 unspecified atom stereocenters. The van der Waals surface area contributed by atoms with Crippen LogP contribution in [0.2, 0.25) is 0 Å². The van der Waals surface area contributed by atoms with Crippen molar-refractivity contribution in [2.24, 2.45) is 0 Å². The summed E-state index contributed by atoms with van der Waals surface area (Å²) in [7, 11) is 0. The van der Waals surface area contributed by atoms with Gasteiger partial charge in [-0.3, -0.25) is 4.98 Å². The standard InChI is InChI=1S/C27H20BrN3/c1-19-14-25(18-31-27(19)28)26-23(11-10-20-6-3-2-4-7-20)16-24(17-30-26)22-9-5-8-21(15-22)12-13-29/h2-11,14-18H,12H2,1H3/b11-10+. The molecule has 2 heterocycles. The minimum atomic E-state index is 0.393. The van der Waals surface area contributed by atoms with Crippen LogP contribution in [0, 0.1) is 18.3 Å². The van der Waals surface area contributed by atoms with E-state index in [4.69, 9.17) is 10.2 Å². The molecule has 0 radical (unpaired) electrons. The van der Waals surface area contributed by atoms with Crippen molar-refractivity contribution in [1.29, 1.82) is 5.26 Å². The number of benzene rings is 2. The van der Waals surface area contributed by atoms with Crippen LogP contribution in [0.15, 0.2) is 83.7 Å². The normalized spacial score (nSPS) is 10.9. The molecule has 2 aromatic carbocycles. The van der Waals surface area contributed by atoms with E-state index in [0.29, 0.717) is 6.42 Å². The zero-order valence-corrected chi connectivity index (χ0v) is 18.7. The molecular formula is C27H20BrN3. The van der Waals surface area contributed by atoms with Crippen molar-refractivity contribution in [1.82, 2.24) is 9.97 Å². The Kier molecular flexibility index (Phi) is 6.35. The maximum Gasteiger partial charge on any atom is 0.109 e. The van der Waals surface area contributed by atoms with E-state index < -0.39 is 0 Å². The summed E-state index contributed by atoms with van der Waals surface area (Å²) < 4.78 is 0.837. The average Bonchev–Trinajstić information content (AvgIpc) is 2.80. The third-order valence-corrected chi connectivity index (χ3v) is 5.83. The van der Waals surface area contributed by atoms with Crippen molar-refractivity contribution < 1.29 is 0 Å². The molecule has 0 saturated heterocycles. The molecule has 4 rings (SSSR count). The third kappa shape index (κ3) is 4.96. The van der Waals surface area contributed by atoms with E-state index >= 15 is 0 Å². The lowest BCUT2D eigenvalue weighted by molar-refractivity contribution is 1.20. The number of aromatic nitrogens is 2. The highest BCUT2D eigenvalue weighted by molar-refractivity contribution is 9.10. The topological polar surface area (TPSA) is 49.6 Å². The Morgan fingerprint density at radius 2 is 1.68 bits per heavy atom. The van der Waals surface area contributed by atoms with Gasteiger partial charge in [-0.2, -0.15) is 5.26 Å². The first-order valence-corrected chi connectivity index (χ1v) is 10.8. The highest BCUT2D eigenvalue weighted by atomic mass is 79.9. The predicted octanol–water partition coefficient (Wildman–Crippen LogP) is 7.12. The largest absolute Gasteiger partial charge is 0.255 e. The highest BCUT2D eigenvalue weighted by Crippen LogP contribution is 2.30. The first kappa shape index (κ1) is 20.7. The van der Waals surface area contributed by atoms with Crippen LogP contribution in [0.25, 0.3) is 34.5 Å². The fraction of sp³-hybridized carbons (Fsp3) is 0.0741. The van der Waals surface area contributed by atoms with Crippen molar-refractivity contribution in [3.05, 3.63) is 106 Å². The smallest absolute Gasteiger partial charge is 0.109 e. The molecule has 3 nitrogen and oxygen atoms in total. The van der Waals surface area contributed by atoms with Crippen LogP contribution >= 0.6 is 15.9 Å². The number of hydrogen-bond acceptors (Lipinski definition) is 3. The summed E-state index contributed by atoms with van der Waals surface area (Å²) in [5.74, 6) is 0. The number of hydrogen-bond donors (Lipinski definition) is 0. The van der Waals surface area contributed by atoms with Gasteiger partial charge < -0.3 is 0 Å². The Balaban J connectivity index is 1.81. The van der Waals surface area contributed by atoms with E-state index in [0.717, 1.165) is 49.2 Å². The minimum Gasteiger partial charge on any atom is -0.255 e. The Hall–Kier alpha value is -3.55. The minimum absolute atomic E-state index is 0.393. The molecule has 2 aromatic heterocycles. The van der Waals surface area contributed by atoms with Crippen LogP contribution in [-0.2, 0) is 6.42 Å². The zero-order valence-electron chi connectivity index (χ0n) is 17.1. The van der Waals surface area contributed by atoms with Crippen LogP contribution in [-0.4, -0.2) is 9.97 Å². The van der Waals surface area contributed by atoms with Gasteiger partial charge in [0.25, 0.3) is 0 Å². The molecule has 0 fully saturated rings. The molecule has 0 aliphatic carbocycles. The summed E-state index contributed by atoms with van der Waals surface area (Å²) >= 11 is 3.47. The number of nitrogens with zero attached hydrogens (tertiary/aromatic N) is 3. The SMILES string of the molecule is Cc1cc(-c2ncc(-c3cccc(CC#N)c3)cc2/C=C/c2ccccc2)cnc1Br. The molecule has 0 atom stereocenters. The summed E-state index contributed by atoms with van der Waals surface area (Å²) in [6.07, 6.45) is 8.31. The molecule has 0 N–H and O–H groups in total. The number of aryl methyl sites for hydroxylation is 1. The Morgan fingerprint density at radius 1 is 0.871 bits per heavy atom. The quantitative estimate of drug-likeness (QED) is 0.294. The second kappa shape index (κ2) is 9.51. The third-order valence-electron chi connectivity index (χ3n) is 5.00. The first-order valence-electron chi connectivity index (χ1n) is 9.96. The lowest BCUT2D eigenvalue weighted by Gasteiger charge is -2.10. The van der Waals surface area contributed by atoms with Gasteiger partial charge in [0.2, 0.25) is 0 Å². The first-order chi connectivity index (χ1) is 15.1. The lowest BCUT2D eigenvalue weighted by Crippen LogP contribution is -1.93. The molecule has 4 heteroatoms. The van der Waals surface area contributed by atoms with Crippen LogP contribution < -0.4 is 0 Å². The molecular weight excluding hydrogens is 446 g/mol. The Labute approximate surface area is 190 Å². The average molecular weight is 466 g/mol. The van der Waals surface area contributed by atoms with E-state index in [-0.39, 0.29) is 0 Å². The molecule has 0 bridgehead atoms. The van der Waals surface area contributed by atoms with Gasteiger partial charge in [0.05, 0.1) is 18.2 Å². The van der Waals surface area contributed by atoms with Gasteiger partial charge in [0.15, 0.2) is 0 Å². The van der Waals surface area contributed by atoms with Gasteiger partial charge in [-0.1, -0.05) is 66.7 Å². The van der Waals surface area contributed by atoms with Crippen molar-refractivity contribution >= 4 is 28.1 Å². The Morgan fingerprint density at radius 3 is 2.45 bits per heavy atom. The van der Waals surface area contributed by atoms with Crippen molar-refractivity contribution in [3.63, 3.8) is 0 Å². The maximum absolute atomic E-state index is 9.03. The molecule has 0 saturated carbocycles. The van der Waals surface area contributed by atoms with Gasteiger partial charge in [-0.05, 0) is 57.2 Å². The van der Waals surface area contributed by atoms with Crippen molar-refractivity contribution in [2.45, 2.75) is 13.3 Å². The molecule has 150 valence electrons. The summed E-state index contributed by atoms with van der Waals surface area (Å²) in [6, 6.07) is 24.7. The second-order valence-corrected chi connectivity index (χ2v) is 8.02. The van der Waals surface area contributed by atoms with E-state index in [1.54, 1.807) is 0 Å². The van der Waals surface area contributed by atoms with Gasteiger partial charge in [-0.25, -0.2) is 4.98 Å². The molecule has 0 aliphatic rings. The summed E-state index contributed by atoms with van der Waals surface area (Å²) in [5.41, 5.74) is 8.11. The number of rotatable bonds is 5. The van der Waals surface area contributed by atoms with E-state index in [1.807, 2.05) is 55.7 Å². The maximum atomic E-state index is 9.03. The lowest BCUT2D eigenvalue weighted by atomic mass is 9.98. The van der Waals surface area contributed by atoms with Gasteiger partial charge in [0, 0.05) is 29.1 Å². The monoisotopic (exact) mass is 465 g/mol. The molecule has 4 aromatic rings. The van der Waals surface area contributed by atoms with Crippen molar-refractivity contribution in [2.75, 3.05) is 0 Å². The van der Waals surface area contributed by atoms with Gasteiger partial charge in [0.1, 0.15) is 4.60 Å². The van der Waals surface area contributed by atoms with E-state index in [2.05, 4.69) is 69.5 Å². The van der Waals surface area contributed by atoms with Crippen LogP contribution in [0.1, 0.15) is 22.3 Å². The van der Waals surface area contributed by atoms with E-state index in [9.17, 15) is 0 Å². The van der Waals surface area contributed by atoms with Crippen LogP contribution in [0.4, 0.5) is 0 Å². The number of nitriles is 1. The van der Waals surface area contributed by atoms with Crippen LogP contribution in [0.5, 0.6) is 0 Å². The van der Waals surface area contributed by atoms with E-state index in [1.165, 1.54) is 0 Å².